The lowest BCUT2D eigenvalue weighted by atomic mass is 10.3. The van der Waals surface area contributed by atoms with Gasteiger partial charge in [-0.3, -0.25) is 0 Å². The smallest absolute Gasteiger partial charge is 0.243 e. The van der Waals surface area contributed by atoms with Crippen molar-refractivity contribution >= 4 is 15.7 Å². The van der Waals surface area contributed by atoms with Gasteiger partial charge >= 0.3 is 0 Å². The standard InChI is InChI=1S/C12H17FN2O3S/c13-11-7-10(14)3-4-12(11)19(16,17)15-5-6-18-8-9-1-2-9/h3-4,7,9,15H,1-2,5-6,8,14H2. The van der Waals surface area contributed by atoms with Crippen molar-refractivity contribution < 1.29 is 17.5 Å². The van der Waals surface area contributed by atoms with Gasteiger partial charge in [0.1, 0.15) is 10.7 Å². The highest BCUT2D eigenvalue weighted by Crippen LogP contribution is 2.28. The molecule has 2 rings (SSSR count). The molecule has 0 bridgehead atoms. The summed E-state index contributed by atoms with van der Waals surface area (Å²) in [6.45, 7) is 1.07. The monoisotopic (exact) mass is 288 g/mol. The maximum Gasteiger partial charge on any atom is 0.243 e. The fourth-order valence-electron chi connectivity index (χ4n) is 1.60. The largest absolute Gasteiger partial charge is 0.399 e. The number of nitrogens with two attached hydrogens (primary N) is 1. The first-order chi connectivity index (χ1) is 8.99. The van der Waals surface area contributed by atoms with Crippen molar-refractivity contribution in [3.05, 3.63) is 24.0 Å². The van der Waals surface area contributed by atoms with Crippen molar-refractivity contribution in [2.24, 2.45) is 5.92 Å². The Bertz CT molecular complexity index is 544. The molecule has 1 aromatic rings. The summed E-state index contributed by atoms with van der Waals surface area (Å²) in [5.41, 5.74) is 5.55. The van der Waals surface area contributed by atoms with Crippen LogP contribution in [-0.4, -0.2) is 28.2 Å². The van der Waals surface area contributed by atoms with Crippen molar-refractivity contribution in [1.82, 2.24) is 4.72 Å². The van der Waals surface area contributed by atoms with Gasteiger partial charge in [0.2, 0.25) is 10.0 Å². The number of ether oxygens (including phenoxy) is 1. The Hall–Kier alpha value is -1.18. The van der Waals surface area contributed by atoms with Crippen LogP contribution in [-0.2, 0) is 14.8 Å². The quantitative estimate of drug-likeness (QED) is 0.582. The third-order valence-corrected chi connectivity index (χ3v) is 4.33. The first-order valence-electron chi connectivity index (χ1n) is 6.11. The normalized spacial score (nSPS) is 15.6. The van der Waals surface area contributed by atoms with E-state index in [0.29, 0.717) is 12.5 Å². The minimum absolute atomic E-state index is 0.124. The fraction of sp³-hybridized carbons (Fsp3) is 0.500. The highest BCUT2D eigenvalue weighted by molar-refractivity contribution is 7.89. The van der Waals surface area contributed by atoms with E-state index in [4.69, 9.17) is 10.5 Å². The van der Waals surface area contributed by atoms with Gasteiger partial charge in [-0.25, -0.2) is 17.5 Å². The molecular formula is C12H17FN2O3S. The van der Waals surface area contributed by atoms with Crippen molar-refractivity contribution in [2.45, 2.75) is 17.7 Å². The zero-order chi connectivity index (χ0) is 13.9. The Morgan fingerprint density at radius 2 is 2.16 bits per heavy atom. The minimum Gasteiger partial charge on any atom is -0.399 e. The Morgan fingerprint density at radius 1 is 1.42 bits per heavy atom. The van der Waals surface area contributed by atoms with Crippen LogP contribution in [0.1, 0.15) is 12.8 Å². The Morgan fingerprint density at radius 3 is 2.79 bits per heavy atom. The summed E-state index contributed by atoms with van der Waals surface area (Å²) in [7, 11) is -3.85. The Balaban J connectivity index is 1.86. The summed E-state index contributed by atoms with van der Waals surface area (Å²) in [6, 6.07) is 3.48. The molecule has 0 saturated heterocycles. The van der Waals surface area contributed by atoms with E-state index in [1.165, 1.54) is 18.9 Å². The third kappa shape index (κ3) is 4.15. The number of sulfonamides is 1. The van der Waals surface area contributed by atoms with Crippen LogP contribution >= 0.6 is 0 Å². The highest BCUT2D eigenvalue weighted by Gasteiger charge is 2.21. The van der Waals surface area contributed by atoms with Gasteiger partial charge in [-0.15, -0.1) is 0 Å². The average Bonchev–Trinajstić information content (AvgIpc) is 3.11. The highest BCUT2D eigenvalue weighted by atomic mass is 32.2. The molecule has 19 heavy (non-hydrogen) atoms. The lowest BCUT2D eigenvalue weighted by Crippen LogP contribution is -2.28. The molecule has 0 aromatic heterocycles. The van der Waals surface area contributed by atoms with E-state index in [1.807, 2.05) is 0 Å². The number of nitrogen functional groups attached to an aromatic ring is 1. The van der Waals surface area contributed by atoms with Gasteiger partial charge in [-0.2, -0.15) is 0 Å². The Labute approximate surface area is 112 Å². The number of nitrogens with one attached hydrogen (secondary N) is 1. The van der Waals surface area contributed by atoms with E-state index in [2.05, 4.69) is 4.72 Å². The molecule has 1 aliphatic rings. The predicted molar refractivity (Wildman–Crippen MR) is 69.5 cm³/mol. The van der Waals surface area contributed by atoms with E-state index in [9.17, 15) is 12.8 Å². The topological polar surface area (TPSA) is 81.4 Å². The maximum atomic E-state index is 13.5. The van der Waals surface area contributed by atoms with E-state index < -0.39 is 20.7 Å². The summed E-state index contributed by atoms with van der Waals surface area (Å²) < 4.78 is 44.8. The molecule has 1 fully saturated rings. The zero-order valence-electron chi connectivity index (χ0n) is 10.4. The van der Waals surface area contributed by atoms with Gasteiger partial charge in [0.15, 0.2) is 0 Å². The molecule has 5 nitrogen and oxygen atoms in total. The van der Waals surface area contributed by atoms with Crippen LogP contribution in [0.2, 0.25) is 0 Å². The predicted octanol–water partition coefficient (Wildman–Crippen LogP) is 1.11. The molecule has 0 amide bonds. The van der Waals surface area contributed by atoms with Gasteiger partial charge in [0.25, 0.3) is 0 Å². The average molecular weight is 288 g/mol. The van der Waals surface area contributed by atoms with Crippen LogP contribution in [0.3, 0.4) is 0 Å². The van der Waals surface area contributed by atoms with E-state index >= 15 is 0 Å². The molecule has 1 saturated carbocycles. The van der Waals surface area contributed by atoms with E-state index in [0.717, 1.165) is 12.1 Å². The zero-order valence-corrected chi connectivity index (χ0v) is 11.2. The van der Waals surface area contributed by atoms with Crippen LogP contribution in [0.25, 0.3) is 0 Å². The summed E-state index contributed by atoms with van der Waals surface area (Å²) in [6.07, 6.45) is 2.37. The summed E-state index contributed by atoms with van der Waals surface area (Å²) >= 11 is 0. The molecule has 106 valence electrons. The number of halogens is 1. The lowest BCUT2D eigenvalue weighted by molar-refractivity contribution is 0.129. The first-order valence-corrected chi connectivity index (χ1v) is 7.60. The SMILES string of the molecule is Nc1ccc(S(=O)(=O)NCCOCC2CC2)c(F)c1. The molecule has 3 N–H and O–H groups in total. The van der Waals surface area contributed by atoms with Crippen molar-refractivity contribution in [1.29, 1.82) is 0 Å². The molecule has 7 heteroatoms. The first kappa shape index (κ1) is 14.2. The molecule has 0 spiro atoms. The number of benzene rings is 1. The van der Waals surface area contributed by atoms with Crippen molar-refractivity contribution in [3.63, 3.8) is 0 Å². The number of rotatable bonds is 7. The van der Waals surface area contributed by atoms with Gasteiger partial charge in [-0.1, -0.05) is 0 Å². The van der Waals surface area contributed by atoms with Gasteiger partial charge in [-0.05, 0) is 37.0 Å². The minimum atomic E-state index is -3.85. The van der Waals surface area contributed by atoms with Crippen LogP contribution in [0.5, 0.6) is 0 Å². The van der Waals surface area contributed by atoms with Crippen LogP contribution in [0, 0.1) is 11.7 Å². The van der Waals surface area contributed by atoms with Crippen LogP contribution in [0.15, 0.2) is 23.1 Å². The molecule has 0 heterocycles. The van der Waals surface area contributed by atoms with Crippen molar-refractivity contribution in [2.75, 3.05) is 25.5 Å². The third-order valence-electron chi connectivity index (χ3n) is 2.83. The molecule has 0 aliphatic heterocycles. The van der Waals surface area contributed by atoms with Crippen LogP contribution < -0.4 is 10.5 Å². The molecule has 0 atom stereocenters. The molecule has 1 aromatic carbocycles. The number of hydrogen-bond acceptors (Lipinski definition) is 4. The second kappa shape index (κ2) is 5.85. The summed E-state index contributed by atoms with van der Waals surface area (Å²) in [5, 5.41) is 0. The second-order valence-electron chi connectivity index (χ2n) is 4.61. The maximum absolute atomic E-state index is 13.5. The molecule has 1 aliphatic carbocycles. The van der Waals surface area contributed by atoms with E-state index in [-0.39, 0.29) is 18.8 Å². The lowest BCUT2D eigenvalue weighted by Gasteiger charge is -2.08. The van der Waals surface area contributed by atoms with Gasteiger partial charge in [0, 0.05) is 18.8 Å². The van der Waals surface area contributed by atoms with Gasteiger partial charge in [0.05, 0.1) is 6.61 Å². The fourth-order valence-corrected chi connectivity index (χ4v) is 2.67. The van der Waals surface area contributed by atoms with Crippen molar-refractivity contribution in [3.8, 4) is 0 Å². The summed E-state index contributed by atoms with van der Waals surface area (Å²) in [5.74, 6) is -0.224. The van der Waals surface area contributed by atoms with Crippen LogP contribution in [0.4, 0.5) is 10.1 Å². The summed E-state index contributed by atoms with van der Waals surface area (Å²) in [4.78, 5) is -0.399. The Kier molecular flexibility index (Phi) is 4.38. The number of hydrogen-bond donors (Lipinski definition) is 2. The van der Waals surface area contributed by atoms with Gasteiger partial charge < -0.3 is 10.5 Å². The van der Waals surface area contributed by atoms with E-state index in [1.54, 1.807) is 0 Å². The molecular weight excluding hydrogens is 271 g/mol. The second-order valence-corrected chi connectivity index (χ2v) is 6.34. The molecule has 0 radical (unpaired) electrons. The number of anilines is 1. The molecule has 0 unspecified atom stereocenters.